The van der Waals surface area contributed by atoms with Crippen LogP contribution in [0, 0.1) is 5.41 Å². The van der Waals surface area contributed by atoms with E-state index in [1.165, 1.54) is 13.8 Å². The fraction of sp³-hybridized carbons (Fsp3) is 0.667. The van der Waals surface area contributed by atoms with Crippen LogP contribution in [0.25, 0.3) is 0 Å². The van der Waals surface area contributed by atoms with E-state index in [1.54, 1.807) is 0 Å². The summed E-state index contributed by atoms with van der Waals surface area (Å²) >= 11 is 0.767. The highest BCUT2D eigenvalue weighted by Gasteiger charge is 2.51. The van der Waals surface area contributed by atoms with Gasteiger partial charge in [-0.2, -0.15) is 0 Å². The summed E-state index contributed by atoms with van der Waals surface area (Å²) in [5, 5.41) is 9.74. The topological polar surface area (TPSA) is 167 Å². The van der Waals surface area contributed by atoms with Crippen molar-refractivity contribution in [3.8, 4) is 0 Å². The van der Waals surface area contributed by atoms with Crippen molar-refractivity contribution in [1.29, 1.82) is 5.41 Å². The second-order valence-corrected chi connectivity index (χ2v) is 6.84. The molecule has 0 spiro atoms. The zero-order valence-electron chi connectivity index (χ0n) is 15.8. The molecule has 13 heteroatoms. The van der Waals surface area contributed by atoms with Crippen molar-refractivity contribution in [2.24, 2.45) is 5.73 Å². The average molecular weight is 442 g/mol. The molecule has 1 rings (SSSR count). The number of hydrogen-bond donors (Lipinski definition) is 3. The summed E-state index contributed by atoms with van der Waals surface area (Å²) in [4.78, 5) is 45.9. The summed E-state index contributed by atoms with van der Waals surface area (Å²) < 4.78 is 21.2. The molecule has 0 aromatic carbocycles. The summed E-state index contributed by atoms with van der Waals surface area (Å²) in [6.45, 7) is 4.44. The summed E-state index contributed by atoms with van der Waals surface area (Å²) in [5.74, 6) is -2.43. The Bertz CT molecular complexity index is 620. The number of carbonyl (C=O) groups excluding carboxylic acids is 4. The number of halogens is 1. The van der Waals surface area contributed by atoms with E-state index in [2.05, 4.69) is 5.32 Å². The number of carbonyl (C=O) groups is 4. The molecule has 5 atom stereocenters. The second kappa shape index (κ2) is 11.7. The maximum Gasteiger partial charge on any atom is 0.303 e. The van der Waals surface area contributed by atoms with Crippen molar-refractivity contribution in [3.05, 3.63) is 0 Å². The van der Waals surface area contributed by atoms with E-state index >= 15 is 0 Å². The molecule has 0 aliphatic carbocycles. The van der Waals surface area contributed by atoms with Crippen LogP contribution in [0.3, 0.4) is 0 Å². The van der Waals surface area contributed by atoms with Gasteiger partial charge in [-0.05, 0) is 0 Å². The zero-order valence-corrected chi connectivity index (χ0v) is 17.4. The molecule has 1 aliphatic heterocycles. The van der Waals surface area contributed by atoms with Gasteiger partial charge in [0.25, 0.3) is 0 Å². The van der Waals surface area contributed by atoms with Gasteiger partial charge in [0.15, 0.2) is 17.4 Å². The molecule has 0 radical (unpaired) electrons. The minimum absolute atomic E-state index is 0. The van der Waals surface area contributed by atoms with E-state index in [4.69, 9.17) is 30.1 Å². The van der Waals surface area contributed by atoms with Crippen LogP contribution in [-0.2, 0) is 38.1 Å². The normalized spacial score (nSPS) is 26.2. The minimum Gasteiger partial charge on any atom is -0.463 e. The van der Waals surface area contributed by atoms with E-state index in [0.717, 1.165) is 25.6 Å². The average Bonchev–Trinajstić information content (AvgIpc) is 2.49. The largest absolute Gasteiger partial charge is 0.463 e. The molecular weight excluding hydrogens is 418 g/mol. The molecule has 0 saturated carbocycles. The zero-order chi connectivity index (χ0) is 20.7. The molecule has 11 nitrogen and oxygen atoms in total. The third-order valence-corrected chi connectivity index (χ3v) is 4.20. The number of esters is 3. The highest BCUT2D eigenvalue weighted by molar-refractivity contribution is 8.14. The molecule has 160 valence electrons. The number of nitrogens with one attached hydrogen (secondary N) is 2. The molecule has 0 aromatic rings. The van der Waals surface area contributed by atoms with Crippen LogP contribution in [0.15, 0.2) is 0 Å². The number of amidine groups is 1. The van der Waals surface area contributed by atoms with Crippen LogP contribution >= 0.6 is 24.2 Å². The third kappa shape index (κ3) is 8.31. The van der Waals surface area contributed by atoms with Crippen LogP contribution in [0.2, 0.25) is 0 Å². The Morgan fingerprint density at radius 2 is 1.57 bits per heavy atom. The van der Waals surface area contributed by atoms with Crippen LogP contribution in [-0.4, -0.2) is 65.4 Å². The first-order valence-electron chi connectivity index (χ1n) is 7.92. The third-order valence-electron chi connectivity index (χ3n) is 3.31. The molecule has 0 aromatic heterocycles. The Balaban J connectivity index is 0.00000729. The smallest absolute Gasteiger partial charge is 0.303 e. The van der Waals surface area contributed by atoms with Gasteiger partial charge in [0.05, 0.1) is 0 Å². The van der Waals surface area contributed by atoms with E-state index < -0.39 is 53.6 Å². The Morgan fingerprint density at radius 3 is 2.00 bits per heavy atom. The van der Waals surface area contributed by atoms with Crippen molar-refractivity contribution >= 4 is 53.2 Å². The predicted molar refractivity (Wildman–Crippen MR) is 101 cm³/mol. The number of amides is 1. The first-order chi connectivity index (χ1) is 12.5. The Kier molecular flexibility index (Phi) is 10.9. The molecule has 2 unspecified atom stereocenters. The number of thioether (sulfide) groups is 1. The summed E-state index contributed by atoms with van der Waals surface area (Å²) in [7, 11) is 0. The van der Waals surface area contributed by atoms with Crippen molar-refractivity contribution in [2.75, 3.05) is 6.61 Å². The Hall–Kier alpha value is -2.05. The predicted octanol–water partition coefficient (Wildman–Crippen LogP) is -0.309. The van der Waals surface area contributed by atoms with E-state index in [1.807, 2.05) is 0 Å². The van der Waals surface area contributed by atoms with Gasteiger partial charge in [-0.15, -0.1) is 12.4 Å². The first-order valence-corrected chi connectivity index (χ1v) is 8.80. The van der Waals surface area contributed by atoms with Crippen molar-refractivity contribution in [1.82, 2.24) is 5.32 Å². The van der Waals surface area contributed by atoms with Crippen LogP contribution in [0.1, 0.15) is 27.7 Å². The fourth-order valence-electron chi connectivity index (χ4n) is 2.52. The summed E-state index contributed by atoms with van der Waals surface area (Å²) in [5.41, 5.74) is 4.47. The summed E-state index contributed by atoms with van der Waals surface area (Å²) in [6, 6.07) is -0.974. The Labute approximate surface area is 172 Å². The van der Waals surface area contributed by atoms with E-state index in [9.17, 15) is 19.2 Å². The van der Waals surface area contributed by atoms with Crippen LogP contribution in [0.4, 0.5) is 0 Å². The van der Waals surface area contributed by atoms with Gasteiger partial charge in [-0.1, -0.05) is 11.8 Å². The molecule has 1 saturated heterocycles. The van der Waals surface area contributed by atoms with E-state index in [-0.39, 0.29) is 24.2 Å². The van der Waals surface area contributed by atoms with Gasteiger partial charge < -0.3 is 30.0 Å². The molecule has 1 heterocycles. The van der Waals surface area contributed by atoms with Gasteiger partial charge in [0.2, 0.25) is 5.91 Å². The monoisotopic (exact) mass is 441 g/mol. The van der Waals surface area contributed by atoms with Gasteiger partial charge in [-0.25, -0.2) is 0 Å². The van der Waals surface area contributed by atoms with Crippen molar-refractivity contribution < 1.29 is 38.1 Å². The highest BCUT2D eigenvalue weighted by atomic mass is 35.5. The molecular formula is C15H24ClN3O8S. The highest BCUT2D eigenvalue weighted by Crippen LogP contribution is 2.32. The lowest BCUT2D eigenvalue weighted by Crippen LogP contribution is -2.65. The fourth-order valence-corrected chi connectivity index (χ4v) is 3.33. The molecule has 1 amide bonds. The number of nitrogens with two attached hydrogens (primary N) is 1. The van der Waals surface area contributed by atoms with Crippen LogP contribution in [0.5, 0.6) is 0 Å². The maximum atomic E-state index is 11.6. The van der Waals surface area contributed by atoms with Crippen LogP contribution < -0.4 is 11.1 Å². The molecule has 0 bridgehead atoms. The SMILES string of the molecule is CC(=O)NC1[C@@H](OC(C)=O)[C@H](OC(C)=O)C(COC(C)=O)O[C@H]1SC(=N)N.Cl. The first kappa shape index (κ1) is 26.0. The van der Waals surface area contributed by atoms with Crippen molar-refractivity contribution in [2.45, 2.75) is 57.5 Å². The Morgan fingerprint density at radius 1 is 1.04 bits per heavy atom. The van der Waals surface area contributed by atoms with Gasteiger partial charge in [0.1, 0.15) is 24.2 Å². The maximum absolute atomic E-state index is 11.6. The minimum atomic E-state index is -1.16. The number of rotatable bonds is 6. The number of hydrogen-bond acceptors (Lipinski definition) is 10. The number of ether oxygens (including phenoxy) is 4. The molecule has 28 heavy (non-hydrogen) atoms. The lowest BCUT2D eigenvalue weighted by atomic mass is 9.97. The second-order valence-electron chi connectivity index (χ2n) is 5.70. The van der Waals surface area contributed by atoms with Gasteiger partial charge >= 0.3 is 17.9 Å². The quantitative estimate of drug-likeness (QED) is 0.215. The van der Waals surface area contributed by atoms with Gasteiger partial charge in [0, 0.05) is 27.7 Å². The molecule has 1 fully saturated rings. The van der Waals surface area contributed by atoms with Crippen molar-refractivity contribution in [3.63, 3.8) is 0 Å². The van der Waals surface area contributed by atoms with Gasteiger partial charge in [-0.3, -0.25) is 24.6 Å². The standard InChI is InChI=1S/C15H23N3O8S.ClH/c1-6(19)18-11-13(25-9(4)22)12(24-8(3)21)10(5-23-7(2)20)26-14(11)27-15(16)17;/h10-14H,5H2,1-4H3,(H3,16,17)(H,18,19);1H/t10?,11?,12-,13-,14+;/m1./s1. The molecule has 4 N–H and O–H groups in total. The summed E-state index contributed by atoms with van der Waals surface area (Å²) in [6.07, 6.45) is -3.32. The van der Waals surface area contributed by atoms with E-state index in [0.29, 0.717) is 0 Å². The lowest BCUT2D eigenvalue weighted by molar-refractivity contribution is -0.211. The molecule has 1 aliphatic rings. The lowest BCUT2D eigenvalue weighted by Gasteiger charge is -2.44.